The van der Waals surface area contributed by atoms with Gasteiger partial charge in [-0.25, -0.2) is 0 Å². The molecule has 0 aromatic carbocycles. The van der Waals surface area contributed by atoms with E-state index in [4.69, 9.17) is 4.74 Å². The lowest BCUT2D eigenvalue weighted by Gasteiger charge is -2.35. The molecule has 0 N–H and O–H groups in total. The second-order valence-corrected chi connectivity index (χ2v) is 6.87. The Labute approximate surface area is 149 Å². The van der Waals surface area contributed by atoms with Crippen molar-refractivity contribution in [1.82, 2.24) is 14.8 Å². The highest BCUT2D eigenvalue weighted by Gasteiger charge is 2.27. The number of carbonyl (C=O) groups excluding carboxylic acids is 2. The molecule has 0 bridgehead atoms. The number of amides is 2. The maximum absolute atomic E-state index is 13.1. The smallest absolute Gasteiger partial charge is 0.254 e. The molecule has 6 nitrogen and oxygen atoms in total. The number of likely N-dealkylation sites (tertiary alicyclic amines) is 1. The van der Waals surface area contributed by atoms with Crippen molar-refractivity contribution in [2.75, 3.05) is 32.8 Å². The van der Waals surface area contributed by atoms with Gasteiger partial charge in [0.15, 0.2) is 0 Å². The van der Waals surface area contributed by atoms with Gasteiger partial charge in [0.1, 0.15) is 0 Å². The van der Waals surface area contributed by atoms with Crippen molar-refractivity contribution in [3.8, 4) is 0 Å². The van der Waals surface area contributed by atoms with Crippen LogP contribution in [-0.2, 0) is 9.53 Å². The van der Waals surface area contributed by atoms with E-state index >= 15 is 0 Å². The van der Waals surface area contributed by atoms with Gasteiger partial charge in [-0.15, -0.1) is 0 Å². The fourth-order valence-corrected chi connectivity index (χ4v) is 3.66. The third kappa shape index (κ3) is 4.57. The lowest BCUT2D eigenvalue weighted by molar-refractivity contribution is -0.127. The maximum atomic E-state index is 13.1. The molecule has 6 heteroatoms. The summed E-state index contributed by atoms with van der Waals surface area (Å²) in [5.74, 6) is 0.304. The lowest BCUT2D eigenvalue weighted by atomic mass is 10.0. The highest BCUT2D eigenvalue weighted by atomic mass is 16.5. The molecule has 3 heterocycles. The number of nitrogens with zero attached hydrogens (tertiary/aromatic N) is 3. The lowest BCUT2D eigenvalue weighted by Crippen LogP contribution is -2.44. The van der Waals surface area contributed by atoms with Gasteiger partial charge in [-0.2, -0.15) is 0 Å². The summed E-state index contributed by atoms with van der Waals surface area (Å²) in [5, 5.41) is 0. The molecule has 2 saturated heterocycles. The molecule has 1 aromatic rings. The molecule has 0 unspecified atom stereocenters. The molecule has 0 atom stereocenters. The van der Waals surface area contributed by atoms with Crippen molar-refractivity contribution in [2.24, 2.45) is 0 Å². The van der Waals surface area contributed by atoms with E-state index in [2.05, 4.69) is 4.98 Å². The maximum Gasteiger partial charge on any atom is 0.254 e. The van der Waals surface area contributed by atoms with Crippen LogP contribution in [0.4, 0.5) is 0 Å². The van der Waals surface area contributed by atoms with Gasteiger partial charge in [-0.3, -0.25) is 14.6 Å². The average molecular weight is 345 g/mol. The Morgan fingerprint density at radius 1 is 1.40 bits per heavy atom. The van der Waals surface area contributed by atoms with E-state index in [1.165, 1.54) is 0 Å². The van der Waals surface area contributed by atoms with Crippen LogP contribution in [0.25, 0.3) is 0 Å². The first kappa shape index (κ1) is 17.9. The Balaban J connectivity index is 1.66. The van der Waals surface area contributed by atoms with Crippen LogP contribution in [-0.4, -0.2) is 65.5 Å². The van der Waals surface area contributed by atoms with Crippen LogP contribution in [0.15, 0.2) is 18.3 Å². The molecule has 2 aliphatic rings. The first-order valence-corrected chi connectivity index (χ1v) is 9.24. The van der Waals surface area contributed by atoms with Crippen LogP contribution in [0, 0.1) is 6.92 Å². The third-order valence-electron chi connectivity index (χ3n) is 5.03. The van der Waals surface area contributed by atoms with E-state index in [1.54, 1.807) is 12.3 Å². The standard InChI is InChI=1S/C19H27N3O3/c1-15-14-16(5-8-20-15)19(24)22(17-6-12-25-13-7-17)11-3-10-21-9-2-4-18(21)23/h5,8,14,17H,2-4,6-7,9-13H2,1H3. The minimum absolute atomic E-state index is 0.0603. The molecule has 1 aromatic heterocycles. The van der Waals surface area contributed by atoms with Gasteiger partial charge in [-0.05, 0) is 44.7 Å². The van der Waals surface area contributed by atoms with Crippen molar-refractivity contribution in [1.29, 1.82) is 0 Å². The second kappa shape index (κ2) is 8.43. The predicted molar refractivity (Wildman–Crippen MR) is 94.3 cm³/mol. The van der Waals surface area contributed by atoms with Gasteiger partial charge in [0.25, 0.3) is 5.91 Å². The molecule has 0 aliphatic carbocycles. The number of hydrogen-bond acceptors (Lipinski definition) is 4. The van der Waals surface area contributed by atoms with Crippen LogP contribution >= 0.6 is 0 Å². The quantitative estimate of drug-likeness (QED) is 0.791. The molecule has 25 heavy (non-hydrogen) atoms. The number of rotatable bonds is 6. The molecule has 3 rings (SSSR count). The Morgan fingerprint density at radius 2 is 2.20 bits per heavy atom. The number of pyridine rings is 1. The average Bonchev–Trinajstić information content (AvgIpc) is 3.04. The number of aromatic nitrogens is 1. The normalized spacial score (nSPS) is 18.6. The summed E-state index contributed by atoms with van der Waals surface area (Å²) in [6.45, 7) is 5.57. The van der Waals surface area contributed by atoms with Crippen molar-refractivity contribution in [3.05, 3.63) is 29.6 Å². The van der Waals surface area contributed by atoms with Crippen LogP contribution in [0.5, 0.6) is 0 Å². The van der Waals surface area contributed by atoms with Crippen LogP contribution in [0.3, 0.4) is 0 Å². The summed E-state index contributed by atoms with van der Waals surface area (Å²) in [4.78, 5) is 32.9. The zero-order chi connectivity index (χ0) is 17.6. The SMILES string of the molecule is Cc1cc(C(=O)N(CCCN2CCCC2=O)C2CCOCC2)ccn1. The third-order valence-corrected chi connectivity index (χ3v) is 5.03. The first-order chi connectivity index (χ1) is 12.1. The van der Waals surface area contributed by atoms with E-state index in [9.17, 15) is 9.59 Å². The van der Waals surface area contributed by atoms with Gasteiger partial charge >= 0.3 is 0 Å². The zero-order valence-corrected chi connectivity index (χ0v) is 14.9. The van der Waals surface area contributed by atoms with Crippen molar-refractivity contribution < 1.29 is 14.3 Å². The number of ether oxygens (including phenoxy) is 1. The number of hydrogen-bond donors (Lipinski definition) is 0. The second-order valence-electron chi connectivity index (χ2n) is 6.87. The van der Waals surface area contributed by atoms with E-state index in [-0.39, 0.29) is 17.9 Å². The minimum Gasteiger partial charge on any atom is -0.381 e. The Bertz CT molecular complexity index is 614. The Hall–Kier alpha value is -1.95. The zero-order valence-electron chi connectivity index (χ0n) is 14.9. The van der Waals surface area contributed by atoms with Crippen molar-refractivity contribution >= 4 is 11.8 Å². The molecule has 2 fully saturated rings. The molecule has 2 aliphatic heterocycles. The topological polar surface area (TPSA) is 62.7 Å². The van der Waals surface area contributed by atoms with Gasteiger partial charge in [-0.1, -0.05) is 0 Å². The van der Waals surface area contributed by atoms with E-state index < -0.39 is 0 Å². The highest BCUT2D eigenvalue weighted by molar-refractivity contribution is 5.94. The summed E-state index contributed by atoms with van der Waals surface area (Å²) in [6.07, 6.45) is 5.88. The summed E-state index contributed by atoms with van der Waals surface area (Å²) in [5.41, 5.74) is 1.54. The summed E-state index contributed by atoms with van der Waals surface area (Å²) in [7, 11) is 0. The van der Waals surface area contributed by atoms with E-state index in [1.807, 2.05) is 22.8 Å². The number of carbonyl (C=O) groups is 2. The summed E-state index contributed by atoms with van der Waals surface area (Å²) >= 11 is 0. The fraction of sp³-hybridized carbons (Fsp3) is 0.632. The van der Waals surface area contributed by atoms with Gasteiger partial charge in [0.05, 0.1) is 0 Å². The summed E-state index contributed by atoms with van der Waals surface area (Å²) < 4.78 is 5.45. The highest BCUT2D eigenvalue weighted by Crippen LogP contribution is 2.19. The van der Waals surface area contributed by atoms with E-state index in [0.29, 0.717) is 31.7 Å². The predicted octanol–water partition coefficient (Wildman–Crippen LogP) is 2.02. The monoisotopic (exact) mass is 345 g/mol. The van der Waals surface area contributed by atoms with Gasteiger partial charge in [0, 0.05) is 62.8 Å². The van der Waals surface area contributed by atoms with Crippen LogP contribution in [0.1, 0.15) is 48.2 Å². The van der Waals surface area contributed by atoms with Crippen LogP contribution < -0.4 is 0 Å². The first-order valence-electron chi connectivity index (χ1n) is 9.24. The van der Waals surface area contributed by atoms with Crippen molar-refractivity contribution in [2.45, 2.75) is 45.1 Å². The molecule has 0 spiro atoms. The Kier molecular flexibility index (Phi) is 6.02. The molecule has 136 valence electrons. The van der Waals surface area contributed by atoms with Crippen LogP contribution in [0.2, 0.25) is 0 Å². The molecule has 0 saturated carbocycles. The molecule has 0 radical (unpaired) electrons. The van der Waals surface area contributed by atoms with Crippen molar-refractivity contribution in [3.63, 3.8) is 0 Å². The summed E-state index contributed by atoms with van der Waals surface area (Å²) in [6, 6.07) is 3.84. The number of aryl methyl sites for hydroxylation is 1. The fourth-order valence-electron chi connectivity index (χ4n) is 3.66. The largest absolute Gasteiger partial charge is 0.381 e. The molecular formula is C19H27N3O3. The molecule has 2 amide bonds. The van der Waals surface area contributed by atoms with Gasteiger partial charge in [0.2, 0.25) is 5.91 Å². The Morgan fingerprint density at radius 3 is 2.88 bits per heavy atom. The van der Waals surface area contributed by atoms with E-state index in [0.717, 1.165) is 44.5 Å². The van der Waals surface area contributed by atoms with Gasteiger partial charge < -0.3 is 14.5 Å². The minimum atomic E-state index is 0.0603. The molecular weight excluding hydrogens is 318 g/mol.